The number of Topliss-reactive ketones (excluding diaryl/α,β-unsaturated/α-hetero) is 1. The molecule has 0 aromatic heterocycles. The normalized spacial score (nSPS) is 12.3. The zero-order chi connectivity index (χ0) is 16.6. The molecule has 0 fully saturated rings. The highest BCUT2D eigenvalue weighted by molar-refractivity contribution is 5.78. The molecule has 0 saturated carbocycles. The Morgan fingerprint density at radius 3 is 1.86 bits per heavy atom. The summed E-state index contributed by atoms with van der Waals surface area (Å²) in [5.74, 6) is 0.168. The molecule has 0 bridgehead atoms. The van der Waals surface area contributed by atoms with Gasteiger partial charge in [-0.3, -0.25) is 14.9 Å². The maximum Gasteiger partial charge on any atom is 0.213 e. The summed E-state index contributed by atoms with van der Waals surface area (Å²) in [4.78, 5) is 22.3. The van der Waals surface area contributed by atoms with Gasteiger partial charge in [0.1, 0.15) is 5.78 Å². The van der Waals surface area contributed by atoms with Crippen molar-refractivity contribution in [1.29, 1.82) is 0 Å². The molecule has 22 heavy (non-hydrogen) atoms. The molecule has 0 aliphatic carbocycles. The number of hydrogen-bond donors (Lipinski definition) is 0. The van der Waals surface area contributed by atoms with Gasteiger partial charge in [-0.15, -0.1) is 0 Å². The Morgan fingerprint density at radius 1 is 0.818 bits per heavy atom. The predicted molar refractivity (Wildman–Crippen MR) is 91.8 cm³/mol. The molecule has 130 valence electrons. The predicted octanol–water partition coefficient (Wildman–Crippen LogP) is 5.70. The molecule has 0 aromatic carbocycles. The molecule has 1 unspecified atom stereocenters. The number of nitro groups is 1. The standard InChI is InChI=1S/C18H35NO3/c1-3-5-6-7-8-9-10-11-12-14-17(19(21)22)15-16-18(20)13-4-2/h17H,3-16H2,1-2H3. The SMILES string of the molecule is CCCCCCCCCCCC(CCC(=O)CCC)[N+](=O)[O-]. The number of nitrogens with zero attached hydrogens (tertiary/aromatic N) is 1. The minimum Gasteiger partial charge on any atom is -0.300 e. The molecule has 0 radical (unpaired) electrons. The first-order chi connectivity index (χ1) is 10.6. The van der Waals surface area contributed by atoms with Gasteiger partial charge in [0.05, 0.1) is 0 Å². The number of hydrogen-bond acceptors (Lipinski definition) is 3. The summed E-state index contributed by atoms with van der Waals surface area (Å²) in [5, 5.41) is 11.0. The topological polar surface area (TPSA) is 60.2 Å². The Hall–Kier alpha value is -0.930. The summed E-state index contributed by atoms with van der Waals surface area (Å²) in [6.07, 6.45) is 13.8. The maximum atomic E-state index is 11.5. The van der Waals surface area contributed by atoms with Gasteiger partial charge >= 0.3 is 0 Å². The highest BCUT2D eigenvalue weighted by Crippen LogP contribution is 2.15. The van der Waals surface area contributed by atoms with Gasteiger partial charge in [-0.1, -0.05) is 65.2 Å². The average Bonchev–Trinajstić information content (AvgIpc) is 2.48. The first-order valence-electron chi connectivity index (χ1n) is 9.27. The molecule has 0 aliphatic heterocycles. The number of rotatable bonds is 16. The molecule has 0 amide bonds. The van der Waals surface area contributed by atoms with Crippen LogP contribution in [0.15, 0.2) is 0 Å². The van der Waals surface area contributed by atoms with Crippen LogP contribution in [-0.4, -0.2) is 16.7 Å². The number of carbonyl (C=O) groups excluding carboxylic acids is 1. The first-order valence-corrected chi connectivity index (χ1v) is 9.27. The molecular formula is C18H35NO3. The van der Waals surface area contributed by atoms with Crippen LogP contribution in [0.3, 0.4) is 0 Å². The van der Waals surface area contributed by atoms with E-state index < -0.39 is 6.04 Å². The van der Waals surface area contributed by atoms with Crippen molar-refractivity contribution < 1.29 is 9.72 Å². The van der Waals surface area contributed by atoms with E-state index in [1.807, 2.05) is 6.92 Å². The van der Waals surface area contributed by atoms with Crippen molar-refractivity contribution in [1.82, 2.24) is 0 Å². The lowest BCUT2D eigenvalue weighted by molar-refractivity contribution is -0.524. The molecule has 0 N–H and O–H groups in total. The van der Waals surface area contributed by atoms with Crippen molar-refractivity contribution in [3.8, 4) is 0 Å². The molecule has 0 heterocycles. The maximum absolute atomic E-state index is 11.5. The van der Waals surface area contributed by atoms with E-state index in [1.54, 1.807) is 0 Å². The lowest BCUT2D eigenvalue weighted by Gasteiger charge is -2.09. The molecule has 0 rings (SSSR count). The highest BCUT2D eigenvalue weighted by atomic mass is 16.6. The third kappa shape index (κ3) is 12.8. The fourth-order valence-corrected chi connectivity index (χ4v) is 2.78. The van der Waals surface area contributed by atoms with Crippen molar-refractivity contribution in [3.63, 3.8) is 0 Å². The van der Waals surface area contributed by atoms with Crippen LogP contribution in [0.1, 0.15) is 104 Å². The van der Waals surface area contributed by atoms with Crippen LogP contribution in [-0.2, 0) is 4.79 Å². The van der Waals surface area contributed by atoms with E-state index in [2.05, 4.69) is 6.92 Å². The lowest BCUT2D eigenvalue weighted by Crippen LogP contribution is -2.20. The minimum absolute atomic E-state index is 0.168. The summed E-state index contributed by atoms with van der Waals surface area (Å²) in [6, 6.07) is -0.523. The monoisotopic (exact) mass is 313 g/mol. The van der Waals surface area contributed by atoms with Crippen LogP contribution >= 0.6 is 0 Å². The van der Waals surface area contributed by atoms with E-state index in [4.69, 9.17) is 0 Å². The highest BCUT2D eigenvalue weighted by Gasteiger charge is 2.20. The molecule has 0 aromatic rings. The van der Waals surface area contributed by atoms with Crippen molar-refractivity contribution >= 4 is 5.78 Å². The Kier molecular flexibility index (Phi) is 14.4. The Balaban J connectivity index is 3.61. The second kappa shape index (κ2) is 15.0. The van der Waals surface area contributed by atoms with Crippen LogP contribution in [0.25, 0.3) is 0 Å². The number of ketones is 1. The van der Waals surface area contributed by atoms with Gasteiger partial charge in [-0.2, -0.15) is 0 Å². The fraction of sp³-hybridized carbons (Fsp3) is 0.944. The summed E-state index contributed by atoms with van der Waals surface area (Å²) in [5.41, 5.74) is 0. The van der Waals surface area contributed by atoms with Crippen LogP contribution in [0.2, 0.25) is 0 Å². The number of carbonyl (C=O) groups is 1. The summed E-state index contributed by atoms with van der Waals surface area (Å²) in [6.45, 7) is 4.19. The van der Waals surface area contributed by atoms with Crippen molar-refractivity contribution in [3.05, 3.63) is 10.1 Å². The van der Waals surface area contributed by atoms with E-state index in [-0.39, 0.29) is 10.7 Å². The number of unbranched alkanes of at least 4 members (excludes halogenated alkanes) is 8. The largest absolute Gasteiger partial charge is 0.300 e. The molecule has 0 saturated heterocycles. The van der Waals surface area contributed by atoms with E-state index in [9.17, 15) is 14.9 Å². The van der Waals surface area contributed by atoms with Gasteiger partial charge in [-0.25, -0.2) is 0 Å². The molecular weight excluding hydrogens is 278 g/mol. The quantitative estimate of drug-likeness (QED) is 0.208. The van der Waals surface area contributed by atoms with Crippen LogP contribution in [0, 0.1) is 10.1 Å². The van der Waals surface area contributed by atoms with Crippen LogP contribution in [0.5, 0.6) is 0 Å². The lowest BCUT2D eigenvalue weighted by atomic mass is 10.0. The minimum atomic E-state index is -0.523. The molecule has 1 atom stereocenters. The Labute approximate surface area is 136 Å². The molecule has 4 nitrogen and oxygen atoms in total. The average molecular weight is 313 g/mol. The second-order valence-corrected chi connectivity index (χ2v) is 6.38. The molecule has 4 heteroatoms. The summed E-state index contributed by atoms with van der Waals surface area (Å²) < 4.78 is 0. The van der Waals surface area contributed by atoms with E-state index >= 15 is 0 Å². The van der Waals surface area contributed by atoms with Gasteiger partial charge < -0.3 is 0 Å². The van der Waals surface area contributed by atoms with Crippen LogP contribution < -0.4 is 0 Å². The van der Waals surface area contributed by atoms with Crippen LogP contribution in [0.4, 0.5) is 0 Å². The zero-order valence-electron chi connectivity index (χ0n) is 14.6. The van der Waals surface area contributed by atoms with Gasteiger partial charge in [0.15, 0.2) is 0 Å². The van der Waals surface area contributed by atoms with Crippen molar-refractivity contribution in [2.75, 3.05) is 0 Å². The van der Waals surface area contributed by atoms with Crippen molar-refractivity contribution in [2.45, 2.75) is 110 Å². The van der Waals surface area contributed by atoms with E-state index in [0.717, 1.165) is 19.3 Å². The fourth-order valence-electron chi connectivity index (χ4n) is 2.78. The summed E-state index contributed by atoms with van der Waals surface area (Å²) >= 11 is 0. The summed E-state index contributed by atoms with van der Waals surface area (Å²) in [7, 11) is 0. The van der Waals surface area contributed by atoms with Gasteiger partial charge in [0, 0.05) is 30.6 Å². The van der Waals surface area contributed by atoms with Gasteiger partial charge in [0.25, 0.3) is 0 Å². The van der Waals surface area contributed by atoms with E-state index in [0.29, 0.717) is 25.7 Å². The van der Waals surface area contributed by atoms with Gasteiger partial charge in [-0.05, 0) is 12.8 Å². The third-order valence-corrected chi connectivity index (χ3v) is 4.22. The second-order valence-electron chi connectivity index (χ2n) is 6.38. The first kappa shape index (κ1) is 21.1. The Morgan fingerprint density at radius 2 is 1.36 bits per heavy atom. The van der Waals surface area contributed by atoms with Crippen molar-refractivity contribution in [2.24, 2.45) is 0 Å². The van der Waals surface area contributed by atoms with E-state index in [1.165, 1.54) is 44.9 Å². The smallest absolute Gasteiger partial charge is 0.213 e. The molecule has 0 spiro atoms. The van der Waals surface area contributed by atoms with Gasteiger partial charge in [0.2, 0.25) is 6.04 Å². The zero-order valence-corrected chi connectivity index (χ0v) is 14.6. The third-order valence-electron chi connectivity index (χ3n) is 4.22. The molecule has 0 aliphatic rings. The Bertz CT molecular complexity index is 292.